The van der Waals surface area contributed by atoms with Crippen LogP contribution in [0.15, 0.2) is 6.07 Å². The van der Waals surface area contributed by atoms with E-state index in [2.05, 4.69) is 28.3 Å². The van der Waals surface area contributed by atoms with Crippen molar-refractivity contribution in [3.63, 3.8) is 0 Å². The van der Waals surface area contributed by atoms with E-state index in [4.69, 9.17) is 9.47 Å². The molecule has 1 aliphatic heterocycles. The highest BCUT2D eigenvalue weighted by molar-refractivity contribution is 7.18. The quantitative estimate of drug-likeness (QED) is 0.935. The Hall–Kier alpha value is -1.24. The third-order valence-corrected chi connectivity index (χ3v) is 4.32. The number of aryl methyl sites for hydroxylation is 1. The minimum Gasteiger partial charge on any atom is -0.376 e. The summed E-state index contributed by atoms with van der Waals surface area (Å²) in [7, 11) is 1.88. The predicted molar refractivity (Wildman–Crippen MR) is 75.9 cm³/mol. The fraction of sp³-hybridized carbons (Fsp3) is 0.538. The van der Waals surface area contributed by atoms with Crippen molar-refractivity contribution in [2.75, 3.05) is 32.2 Å². The number of ether oxygens (including phenoxy) is 2. The van der Waals surface area contributed by atoms with Crippen molar-refractivity contribution in [3.8, 4) is 0 Å². The first kappa shape index (κ1) is 12.8. The van der Waals surface area contributed by atoms with Gasteiger partial charge in [0, 0.05) is 11.9 Å². The third kappa shape index (κ3) is 2.43. The lowest BCUT2D eigenvalue weighted by atomic mass is 10.2. The van der Waals surface area contributed by atoms with E-state index in [9.17, 15) is 0 Å². The molecule has 0 aromatic carbocycles. The lowest BCUT2D eigenvalue weighted by Gasteiger charge is -2.22. The van der Waals surface area contributed by atoms with Gasteiger partial charge in [0.15, 0.2) is 5.82 Å². The van der Waals surface area contributed by atoms with Crippen LogP contribution in [0.3, 0.4) is 0 Å². The van der Waals surface area contributed by atoms with Crippen molar-refractivity contribution in [1.29, 1.82) is 0 Å². The summed E-state index contributed by atoms with van der Waals surface area (Å²) in [6.45, 7) is 3.93. The highest BCUT2D eigenvalue weighted by atomic mass is 32.1. The molecule has 0 amide bonds. The van der Waals surface area contributed by atoms with E-state index in [-0.39, 0.29) is 6.10 Å². The molecule has 1 saturated heterocycles. The Balaban J connectivity index is 2.05. The normalized spacial score (nSPS) is 19.8. The first-order chi connectivity index (χ1) is 9.31. The Morgan fingerprint density at radius 3 is 3.00 bits per heavy atom. The van der Waals surface area contributed by atoms with E-state index in [0.717, 1.165) is 22.5 Å². The largest absolute Gasteiger partial charge is 0.376 e. The van der Waals surface area contributed by atoms with Gasteiger partial charge in [0.1, 0.15) is 16.8 Å². The van der Waals surface area contributed by atoms with Gasteiger partial charge < -0.3 is 14.8 Å². The molecule has 102 valence electrons. The maximum Gasteiger partial charge on any atom is 0.163 e. The molecule has 1 aliphatic rings. The SMILES string of the molecule is CCc1cc2c(NC)nc(C3COCCO3)nc2s1. The molecule has 0 spiro atoms. The lowest BCUT2D eigenvalue weighted by Crippen LogP contribution is -2.23. The summed E-state index contributed by atoms with van der Waals surface area (Å²) in [5, 5.41) is 4.23. The molecule has 0 radical (unpaired) electrons. The summed E-state index contributed by atoms with van der Waals surface area (Å²) < 4.78 is 11.1. The van der Waals surface area contributed by atoms with Crippen LogP contribution in [0.4, 0.5) is 5.82 Å². The van der Waals surface area contributed by atoms with Crippen LogP contribution >= 0.6 is 11.3 Å². The molecule has 5 nitrogen and oxygen atoms in total. The van der Waals surface area contributed by atoms with Crippen molar-refractivity contribution in [2.45, 2.75) is 19.4 Å². The molecule has 3 rings (SSSR count). The smallest absolute Gasteiger partial charge is 0.163 e. The molecule has 0 bridgehead atoms. The Labute approximate surface area is 116 Å². The van der Waals surface area contributed by atoms with Crippen molar-refractivity contribution < 1.29 is 9.47 Å². The van der Waals surface area contributed by atoms with Crippen LogP contribution in [-0.2, 0) is 15.9 Å². The molecule has 1 atom stereocenters. The molecular weight excluding hydrogens is 262 g/mol. The summed E-state index contributed by atoms with van der Waals surface area (Å²) in [6.07, 6.45) is 0.861. The summed E-state index contributed by atoms with van der Waals surface area (Å²) in [5.41, 5.74) is 0. The fourth-order valence-electron chi connectivity index (χ4n) is 2.13. The first-order valence-electron chi connectivity index (χ1n) is 6.49. The van der Waals surface area contributed by atoms with Crippen LogP contribution in [0.1, 0.15) is 23.7 Å². The Morgan fingerprint density at radius 1 is 1.42 bits per heavy atom. The Bertz CT molecular complexity index is 579. The number of nitrogens with one attached hydrogen (secondary N) is 1. The van der Waals surface area contributed by atoms with Gasteiger partial charge in [-0.15, -0.1) is 11.3 Å². The van der Waals surface area contributed by atoms with Crippen LogP contribution in [0.2, 0.25) is 0 Å². The summed E-state index contributed by atoms with van der Waals surface area (Å²) in [6, 6.07) is 2.16. The van der Waals surface area contributed by atoms with Gasteiger partial charge in [0.2, 0.25) is 0 Å². The van der Waals surface area contributed by atoms with Crippen LogP contribution in [0, 0.1) is 0 Å². The molecule has 1 unspecified atom stereocenters. The average Bonchev–Trinajstić information content (AvgIpc) is 2.90. The second-order valence-corrected chi connectivity index (χ2v) is 5.52. The van der Waals surface area contributed by atoms with E-state index < -0.39 is 0 Å². The van der Waals surface area contributed by atoms with Crippen molar-refractivity contribution in [3.05, 3.63) is 16.8 Å². The predicted octanol–water partition coefficient (Wildman–Crippen LogP) is 2.38. The highest BCUT2D eigenvalue weighted by Crippen LogP contribution is 2.31. The van der Waals surface area contributed by atoms with Crippen LogP contribution in [0.25, 0.3) is 10.2 Å². The number of thiophene rings is 1. The van der Waals surface area contributed by atoms with Crippen LogP contribution in [-0.4, -0.2) is 36.8 Å². The zero-order valence-corrected chi connectivity index (χ0v) is 11.9. The van der Waals surface area contributed by atoms with Gasteiger partial charge in [-0.3, -0.25) is 0 Å². The topological polar surface area (TPSA) is 56.3 Å². The van der Waals surface area contributed by atoms with Gasteiger partial charge in [-0.1, -0.05) is 6.92 Å². The number of fused-ring (bicyclic) bond motifs is 1. The molecule has 19 heavy (non-hydrogen) atoms. The second kappa shape index (κ2) is 5.40. The third-order valence-electron chi connectivity index (χ3n) is 3.15. The molecule has 0 aliphatic carbocycles. The lowest BCUT2D eigenvalue weighted by molar-refractivity contribution is -0.0933. The minimum atomic E-state index is -0.155. The summed E-state index contributed by atoms with van der Waals surface area (Å²) in [4.78, 5) is 11.5. The first-order valence-corrected chi connectivity index (χ1v) is 7.31. The number of hydrogen-bond acceptors (Lipinski definition) is 6. The number of anilines is 1. The second-order valence-electron chi connectivity index (χ2n) is 4.40. The van der Waals surface area contributed by atoms with E-state index in [1.807, 2.05) is 7.05 Å². The molecule has 1 fully saturated rings. The maximum absolute atomic E-state index is 5.67. The van der Waals surface area contributed by atoms with Crippen LogP contribution < -0.4 is 5.32 Å². The molecular formula is C13H17N3O2S. The number of hydrogen-bond donors (Lipinski definition) is 1. The summed E-state index contributed by atoms with van der Waals surface area (Å²) >= 11 is 1.72. The monoisotopic (exact) mass is 279 g/mol. The number of nitrogens with zero attached hydrogens (tertiary/aromatic N) is 2. The molecule has 0 saturated carbocycles. The van der Waals surface area contributed by atoms with E-state index in [0.29, 0.717) is 25.6 Å². The van der Waals surface area contributed by atoms with Gasteiger partial charge in [-0.05, 0) is 12.5 Å². The van der Waals surface area contributed by atoms with E-state index in [1.165, 1.54) is 4.88 Å². The van der Waals surface area contributed by atoms with E-state index >= 15 is 0 Å². The van der Waals surface area contributed by atoms with Crippen LogP contribution in [0.5, 0.6) is 0 Å². The molecule has 2 aromatic heterocycles. The van der Waals surface area contributed by atoms with Gasteiger partial charge >= 0.3 is 0 Å². The maximum atomic E-state index is 5.67. The van der Waals surface area contributed by atoms with Crippen molar-refractivity contribution in [1.82, 2.24) is 9.97 Å². The van der Waals surface area contributed by atoms with Crippen molar-refractivity contribution >= 4 is 27.4 Å². The highest BCUT2D eigenvalue weighted by Gasteiger charge is 2.21. The van der Waals surface area contributed by atoms with Gasteiger partial charge in [-0.2, -0.15) is 0 Å². The molecule has 6 heteroatoms. The molecule has 3 heterocycles. The Morgan fingerprint density at radius 2 is 2.32 bits per heavy atom. The van der Waals surface area contributed by atoms with Crippen molar-refractivity contribution in [2.24, 2.45) is 0 Å². The fourth-order valence-corrected chi connectivity index (χ4v) is 3.11. The minimum absolute atomic E-state index is 0.155. The Kier molecular flexibility index (Phi) is 3.63. The van der Waals surface area contributed by atoms with E-state index in [1.54, 1.807) is 11.3 Å². The standard InChI is InChI=1S/C13H17N3O2S/c1-3-8-6-9-11(14-2)15-12(16-13(9)19-8)10-7-17-4-5-18-10/h6,10H,3-5,7H2,1-2H3,(H,14,15,16). The zero-order valence-electron chi connectivity index (χ0n) is 11.1. The molecule has 1 N–H and O–H groups in total. The van der Waals surface area contributed by atoms with Gasteiger partial charge in [0.25, 0.3) is 0 Å². The summed E-state index contributed by atoms with van der Waals surface area (Å²) in [5.74, 6) is 1.58. The zero-order chi connectivity index (χ0) is 13.2. The average molecular weight is 279 g/mol. The number of rotatable bonds is 3. The number of aromatic nitrogens is 2. The van der Waals surface area contributed by atoms with Gasteiger partial charge in [-0.25, -0.2) is 9.97 Å². The molecule has 2 aromatic rings. The van der Waals surface area contributed by atoms with Gasteiger partial charge in [0.05, 0.1) is 25.2 Å².